The summed E-state index contributed by atoms with van der Waals surface area (Å²) >= 11 is 1.68. The molecule has 0 fully saturated rings. The van der Waals surface area contributed by atoms with E-state index in [0.29, 0.717) is 38.8 Å². The van der Waals surface area contributed by atoms with Gasteiger partial charge in [-0.2, -0.15) is 0 Å². The number of hydrogen-bond donors (Lipinski definition) is 2. The standard InChI is InChI=1S/C17H32N4O2S/c1-5-6-8-22-10-11-23-9-7-19-17(18-4)20-12-16-21-15(13-24-16)14(2)3/h13-14H,5-12H2,1-4H3,(H2,18,19,20). The fourth-order valence-corrected chi connectivity index (χ4v) is 2.76. The van der Waals surface area contributed by atoms with E-state index >= 15 is 0 Å². The molecule has 0 aliphatic carbocycles. The van der Waals surface area contributed by atoms with Crippen LogP contribution in [0.4, 0.5) is 0 Å². The summed E-state index contributed by atoms with van der Waals surface area (Å²) < 4.78 is 11.0. The maximum absolute atomic E-state index is 5.52. The van der Waals surface area contributed by atoms with Gasteiger partial charge in [-0.25, -0.2) is 4.98 Å². The van der Waals surface area contributed by atoms with Gasteiger partial charge >= 0.3 is 0 Å². The summed E-state index contributed by atoms with van der Waals surface area (Å²) in [6.07, 6.45) is 2.28. The molecule has 1 heterocycles. The van der Waals surface area contributed by atoms with Gasteiger partial charge in [0, 0.05) is 25.6 Å². The van der Waals surface area contributed by atoms with E-state index in [9.17, 15) is 0 Å². The summed E-state index contributed by atoms with van der Waals surface area (Å²) in [5.41, 5.74) is 1.15. The molecule has 24 heavy (non-hydrogen) atoms. The second kappa shape index (κ2) is 13.1. The number of unbranched alkanes of at least 4 members (excludes halogenated alkanes) is 1. The van der Waals surface area contributed by atoms with Gasteiger partial charge in [0.2, 0.25) is 0 Å². The molecule has 2 N–H and O–H groups in total. The molecule has 0 spiro atoms. The molecule has 1 rings (SSSR count). The van der Waals surface area contributed by atoms with Gasteiger partial charge in [0.05, 0.1) is 32.1 Å². The average molecular weight is 357 g/mol. The molecule has 0 radical (unpaired) electrons. The second-order valence-electron chi connectivity index (χ2n) is 5.75. The molecule has 1 aromatic rings. The molecule has 0 saturated carbocycles. The second-order valence-corrected chi connectivity index (χ2v) is 6.69. The highest BCUT2D eigenvalue weighted by molar-refractivity contribution is 7.09. The Kier molecular flexibility index (Phi) is 11.4. The zero-order chi connectivity index (χ0) is 17.6. The van der Waals surface area contributed by atoms with Crippen LogP contribution in [0, 0.1) is 0 Å². The predicted octanol–water partition coefficient (Wildman–Crippen LogP) is 2.76. The largest absolute Gasteiger partial charge is 0.379 e. The summed E-state index contributed by atoms with van der Waals surface area (Å²) in [5, 5.41) is 9.69. The van der Waals surface area contributed by atoms with E-state index in [1.54, 1.807) is 18.4 Å². The fraction of sp³-hybridized carbons (Fsp3) is 0.765. The van der Waals surface area contributed by atoms with E-state index in [2.05, 4.69) is 46.8 Å². The first-order chi connectivity index (χ1) is 11.7. The van der Waals surface area contributed by atoms with Crippen LogP contribution in [0.1, 0.15) is 50.2 Å². The van der Waals surface area contributed by atoms with Crippen LogP contribution in [0.5, 0.6) is 0 Å². The predicted molar refractivity (Wildman–Crippen MR) is 101 cm³/mol. The third-order valence-electron chi connectivity index (χ3n) is 3.34. The van der Waals surface area contributed by atoms with Gasteiger partial charge in [-0.1, -0.05) is 27.2 Å². The van der Waals surface area contributed by atoms with Gasteiger partial charge in [0.25, 0.3) is 0 Å². The minimum atomic E-state index is 0.468. The van der Waals surface area contributed by atoms with Crippen LogP contribution in [-0.4, -0.2) is 51.0 Å². The third-order valence-corrected chi connectivity index (χ3v) is 4.21. The molecule has 1 aromatic heterocycles. The van der Waals surface area contributed by atoms with Crippen LogP contribution < -0.4 is 10.6 Å². The van der Waals surface area contributed by atoms with Crippen molar-refractivity contribution in [2.75, 3.05) is 40.0 Å². The van der Waals surface area contributed by atoms with Crippen LogP contribution in [0.2, 0.25) is 0 Å². The number of aromatic nitrogens is 1. The molecule has 6 nitrogen and oxygen atoms in total. The maximum Gasteiger partial charge on any atom is 0.191 e. The molecule has 0 bridgehead atoms. The van der Waals surface area contributed by atoms with Crippen molar-refractivity contribution in [3.8, 4) is 0 Å². The first-order valence-corrected chi connectivity index (χ1v) is 9.59. The van der Waals surface area contributed by atoms with E-state index in [-0.39, 0.29) is 0 Å². The summed E-state index contributed by atoms with van der Waals surface area (Å²) in [7, 11) is 1.76. The van der Waals surface area contributed by atoms with Gasteiger partial charge < -0.3 is 20.1 Å². The zero-order valence-electron chi connectivity index (χ0n) is 15.4. The number of nitrogens with one attached hydrogen (secondary N) is 2. The Hall–Kier alpha value is -1.18. The number of hydrogen-bond acceptors (Lipinski definition) is 5. The zero-order valence-corrected chi connectivity index (χ0v) is 16.2. The highest BCUT2D eigenvalue weighted by Crippen LogP contribution is 2.17. The minimum Gasteiger partial charge on any atom is -0.379 e. The molecule has 0 aliphatic rings. The normalized spacial score (nSPS) is 12.0. The summed E-state index contributed by atoms with van der Waals surface area (Å²) in [4.78, 5) is 8.81. The van der Waals surface area contributed by atoms with Gasteiger partial charge in [-0.05, 0) is 12.3 Å². The minimum absolute atomic E-state index is 0.468. The van der Waals surface area contributed by atoms with Crippen molar-refractivity contribution in [3.05, 3.63) is 16.1 Å². The highest BCUT2D eigenvalue weighted by atomic mass is 32.1. The van der Waals surface area contributed by atoms with Gasteiger partial charge in [0.1, 0.15) is 5.01 Å². The molecule has 0 aliphatic heterocycles. The van der Waals surface area contributed by atoms with Crippen LogP contribution in [-0.2, 0) is 16.0 Å². The molecule has 138 valence electrons. The SMILES string of the molecule is CCCCOCCOCCNC(=NC)NCc1nc(C(C)C)cs1. The van der Waals surface area contributed by atoms with Crippen LogP contribution in [0.25, 0.3) is 0 Å². The van der Waals surface area contributed by atoms with E-state index in [0.717, 1.165) is 36.1 Å². The number of aliphatic imine (C=N–C) groups is 1. The number of thiazole rings is 1. The lowest BCUT2D eigenvalue weighted by atomic mass is 10.2. The summed E-state index contributed by atoms with van der Waals surface area (Å²) in [6, 6.07) is 0. The number of guanidine groups is 1. The van der Waals surface area contributed by atoms with Crippen LogP contribution >= 0.6 is 11.3 Å². The molecule has 0 saturated heterocycles. The molecule has 0 aromatic carbocycles. The Balaban J connectivity index is 2.08. The molecule has 0 atom stereocenters. The van der Waals surface area contributed by atoms with Gasteiger partial charge in [-0.3, -0.25) is 4.99 Å². The summed E-state index contributed by atoms with van der Waals surface area (Å²) in [6.45, 7) is 10.6. The van der Waals surface area contributed by atoms with E-state index in [1.165, 1.54) is 0 Å². The highest BCUT2D eigenvalue weighted by Gasteiger charge is 2.06. The summed E-state index contributed by atoms with van der Waals surface area (Å²) in [5.74, 6) is 1.23. The van der Waals surface area contributed by atoms with Crippen molar-refractivity contribution in [1.29, 1.82) is 0 Å². The van der Waals surface area contributed by atoms with Crippen LogP contribution in [0.3, 0.4) is 0 Å². The third kappa shape index (κ3) is 9.20. The number of ether oxygens (including phenoxy) is 2. The van der Waals surface area contributed by atoms with Crippen LogP contribution in [0.15, 0.2) is 10.4 Å². The molecule has 0 amide bonds. The topological polar surface area (TPSA) is 67.8 Å². The Labute approximate surface area is 150 Å². The Morgan fingerprint density at radius 1 is 1.21 bits per heavy atom. The van der Waals surface area contributed by atoms with Crippen molar-refractivity contribution < 1.29 is 9.47 Å². The maximum atomic E-state index is 5.52. The van der Waals surface area contributed by atoms with E-state index in [1.807, 2.05) is 0 Å². The lowest BCUT2D eigenvalue weighted by Gasteiger charge is -2.11. The van der Waals surface area contributed by atoms with Gasteiger partial charge in [0.15, 0.2) is 5.96 Å². The van der Waals surface area contributed by atoms with Gasteiger partial charge in [-0.15, -0.1) is 11.3 Å². The molecular weight excluding hydrogens is 324 g/mol. The van der Waals surface area contributed by atoms with Crippen molar-refractivity contribution in [1.82, 2.24) is 15.6 Å². The number of nitrogens with zero attached hydrogens (tertiary/aromatic N) is 2. The Morgan fingerprint density at radius 2 is 1.96 bits per heavy atom. The monoisotopic (exact) mass is 356 g/mol. The van der Waals surface area contributed by atoms with Crippen molar-refractivity contribution in [2.45, 2.75) is 46.1 Å². The average Bonchev–Trinajstić information content (AvgIpc) is 3.05. The lowest BCUT2D eigenvalue weighted by molar-refractivity contribution is 0.0487. The lowest BCUT2D eigenvalue weighted by Crippen LogP contribution is -2.38. The van der Waals surface area contributed by atoms with E-state index in [4.69, 9.17) is 9.47 Å². The molecule has 7 heteroatoms. The first-order valence-electron chi connectivity index (χ1n) is 8.71. The van der Waals surface area contributed by atoms with Crippen molar-refractivity contribution >= 4 is 17.3 Å². The quantitative estimate of drug-likeness (QED) is 0.342. The van der Waals surface area contributed by atoms with Crippen molar-refractivity contribution in [3.63, 3.8) is 0 Å². The molecular formula is C17H32N4O2S. The van der Waals surface area contributed by atoms with Crippen molar-refractivity contribution in [2.24, 2.45) is 4.99 Å². The Bertz CT molecular complexity index is 463. The van der Waals surface area contributed by atoms with E-state index < -0.39 is 0 Å². The fourth-order valence-electron chi connectivity index (χ4n) is 1.86. The Morgan fingerprint density at radius 3 is 2.58 bits per heavy atom. The smallest absolute Gasteiger partial charge is 0.191 e. The first kappa shape index (κ1) is 20.9. The molecule has 0 unspecified atom stereocenters. The number of rotatable bonds is 12.